The van der Waals surface area contributed by atoms with Crippen molar-refractivity contribution in [3.63, 3.8) is 0 Å². The lowest BCUT2D eigenvalue weighted by Gasteiger charge is -2.42. The summed E-state index contributed by atoms with van der Waals surface area (Å²) in [5.74, 6) is 3.29. The molecule has 1 aliphatic heterocycles. The number of allylic oxidation sites excluding steroid dienone is 8. The molecule has 45 heavy (non-hydrogen) atoms. The van der Waals surface area contributed by atoms with Crippen molar-refractivity contribution in [1.29, 1.82) is 0 Å². The molecule has 7 rings (SSSR count). The van der Waals surface area contributed by atoms with Gasteiger partial charge in [0.2, 0.25) is 0 Å². The Bertz CT molecular complexity index is 1560. The monoisotopic (exact) mass is 617 g/mol. The molecule has 0 amide bonds. The van der Waals surface area contributed by atoms with Gasteiger partial charge in [0, 0.05) is 24.9 Å². The number of methoxy groups -OCH3 is 1. The van der Waals surface area contributed by atoms with E-state index in [9.17, 15) is 0 Å². The van der Waals surface area contributed by atoms with E-state index in [2.05, 4.69) is 130 Å². The highest BCUT2D eigenvalue weighted by Gasteiger charge is 2.58. The van der Waals surface area contributed by atoms with Crippen LogP contribution in [-0.2, 0) is 4.74 Å². The van der Waals surface area contributed by atoms with Crippen LogP contribution in [0.5, 0.6) is 5.75 Å². The Hall–Kier alpha value is -3.08. The molecule has 2 aromatic carbocycles. The topological polar surface area (TPSA) is 21.7 Å². The number of ether oxygens (including phenoxy) is 2. The maximum absolute atomic E-state index is 6.06. The number of unbranched alkanes of at least 4 members (excludes halogenated alkanes) is 3. The molecule has 0 N–H and O–H groups in total. The molecule has 4 aliphatic carbocycles. The van der Waals surface area contributed by atoms with E-state index in [-0.39, 0.29) is 11.6 Å². The summed E-state index contributed by atoms with van der Waals surface area (Å²) >= 11 is 0. The molecular formula is C41H51NO2Si. The van der Waals surface area contributed by atoms with Crippen molar-refractivity contribution in [3.05, 3.63) is 108 Å². The average Bonchev–Trinajstić information content (AvgIpc) is 3.66. The van der Waals surface area contributed by atoms with Gasteiger partial charge in [0.05, 0.1) is 26.8 Å². The number of fused-ring (bicyclic) bond motifs is 8. The van der Waals surface area contributed by atoms with Gasteiger partial charge in [-0.2, -0.15) is 0 Å². The molecule has 4 heteroatoms. The van der Waals surface area contributed by atoms with E-state index < -0.39 is 8.07 Å². The third-order valence-corrected chi connectivity index (χ3v) is 16.8. The minimum atomic E-state index is -2.15. The first-order valence-corrected chi connectivity index (χ1v) is 20.1. The summed E-state index contributed by atoms with van der Waals surface area (Å²) in [4.78, 5) is 2.53. The first kappa shape index (κ1) is 30.6. The summed E-state index contributed by atoms with van der Waals surface area (Å²) in [6.07, 6.45) is 24.5. The molecule has 236 valence electrons. The largest absolute Gasteiger partial charge is 0.497 e. The van der Waals surface area contributed by atoms with E-state index in [1.807, 2.05) is 0 Å². The van der Waals surface area contributed by atoms with Gasteiger partial charge < -0.3 is 14.4 Å². The van der Waals surface area contributed by atoms with Crippen LogP contribution >= 0.6 is 0 Å². The van der Waals surface area contributed by atoms with Crippen LogP contribution < -0.4 is 9.64 Å². The zero-order chi connectivity index (χ0) is 31.3. The Morgan fingerprint density at radius 3 is 2.09 bits per heavy atom. The second-order valence-corrected chi connectivity index (χ2v) is 19.7. The van der Waals surface area contributed by atoms with Crippen LogP contribution in [0.1, 0.15) is 69.2 Å². The Morgan fingerprint density at radius 1 is 0.778 bits per heavy atom. The summed E-state index contributed by atoms with van der Waals surface area (Å²) in [7, 11) is 1.95. The Labute approximate surface area is 272 Å². The van der Waals surface area contributed by atoms with E-state index in [1.54, 1.807) is 17.9 Å². The van der Waals surface area contributed by atoms with Gasteiger partial charge in [-0.15, -0.1) is 0 Å². The standard InChI is InChI=1S/C41H51NO2Si/c1-41(2,3)44-25-15-7-8-16-26-45(6,39-32-20-12-9-17-29(32)30-18-10-13-21-33(30)39)40-34-22-14-11-19-31(34)38-37(40)35-27-28(43-5)23-24-36(35)42(38)4/h9-14,17-24,27,29-30,32-33,38-39H,7-8,15-16,25-26H2,1-6H3. The molecule has 2 aromatic rings. The molecule has 0 radical (unpaired) electrons. The Balaban J connectivity index is 1.33. The van der Waals surface area contributed by atoms with Gasteiger partial charge in [0.25, 0.3) is 0 Å². The molecule has 6 atom stereocenters. The van der Waals surface area contributed by atoms with Gasteiger partial charge in [-0.1, -0.05) is 105 Å². The molecule has 6 unspecified atom stereocenters. The van der Waals surface area contributed by atoms with Gasteiger partial charge in [-0.25, -0.2) is 0 Å². The lowest BCUT2D eigenvalue weighted by atomic mass is 9.83. The van der Waals surface area contributed by atoms with Crippen LogP contribution in [0.2, 0.25) is 18.1 Å². The first-order chi connectivity index (χ1) is 21.7. The van der Waals surface area contributed by atoms with Crippen LogP contribution in [0.4, 0.5) is 5.69 Å². The number of likely N-dealkylation sites (N-methyl/N-ethyl adjacent to an activating group) is 1. The van der Waals surface area contributed by atoms with Crippen molar-refractivity contribution >= 4 is 24.5 Å². The molecule has 0 bridgehead atoms. The number of benzene rings is 2. The van der Waals surface area contributed by atoms with Gasteiger partial charge >= 0.3 is 0 Å². The Morgan fingerprint density at radius 2 is 1.42 bits per heavy atom. The quantitative estimate of drug-likeness (QED) is 0.196. The van der Waals surface area contributed by atoms with E-state index in [4.69, 9.17) is 9.47 Å². The fraction of sp³-hybridized carbons (Fsp3) is 0.463. The van der Waals surface area contributed by atoms with Crippen molar-refractivity contribution in [2.24, 2.45) is 23.7 Å². The normalized spacial score (nSPS) is 28.5. The molecule has 5 aliphatic rings. The van der Waals surface area contributed by atoms with Crippen LogP contribution in [-0.4, -0.2) is 34.4 Å². The highest BCUT2D eigenvalue weighted by atomic mass is 28.3. The predicted molar refractivity (Wildman–Crippen MR) is 192 cm³/mol. The molecule has 3 nitrogen and oxygen atoms in total. The molecule has 0 saturated heterocycles. The van der Waals surface area contributed by atoms with Crippen molar-refractivity contribution in [3.8, 4) is 5.75 Å². The minimum absolute atomic E-state index is 0.0569. The average molecular weight is 618 g/mol. The number of rotatable bonds is 10. The zero-order valence-corrected chi connectivity index (χ0v) is 29.1. The fourth-order valence-corrected chi connectivity index (χ4v) is 15.7. The van der Waals surface area contributed by atoms with Crippen molar-refractivity contribution in [2.75, 3.05) is 25.7 Å². The number of nitrogens with zero attached hydrogens (tertiary/aromatic N) is 1. The van der Waals surface area contributed by atoms with Crippen LogP contribution in [0.15, 0.2) is 91.1 Å². The molecule has 1 heterocycles. The van der Waals surface area contributed by atoms with Crippen LogP contribution in [0.3, 0.4) is 0 Å². The minimum Gasteiger partial charge on any atom is -0.497 e. The summed E-state index contributed by atoms with van der Waals surface area (Å²) in [6, 6.07) is 17.7. The van der Waals surface area contributed by atoms with Crippen LogP contribution in [0.25, 0.3) is 10.8 Å². The van der Waals surface area contributed by atoms with E-state index >= 15 is 0 Å². The SMILES string of the molecule is COc1ccc2c(c1)C1=C([Si](C)(CCCCCCOC(C)(C)C)C3C4C=CC=CC4C4C=CC=CC43)c3ccccc3C1N2C. The summed E-state index contributed by atoms with van der Waals surface area (Å²) < 4.78 is 11.9. The van der Waals surface area contributed by atoms with Gasteiger partial charge in [0.1, 0.15) is 5.75 Å². The Kier molecular flexibility index (Phi) is 8.10. The summed E-state index contributed by atoms with van der Waals surface area (Å²) in [5, 5.41) is 1.73. The molecule has 1 fully saturated rings. The van der Waals surface area contributed by atoms with Crippen molar-refractivity contribution in [2.45, 2.75) is 76.2 Å². The third-order valence-electron chi connectivity index (χ3n) is 11.5. The summed E-state index contributed by atoms with van der Waals surface area (Å²) in [6.45, 7) is 10.1. The second kappa shape index (κ2) is 11.9. The smallest absolute Gasteiger partial charge is 0.119 e. The van der Waals surface area contributed by atoms with E-state index in [1.165, 1.54) is 47.7 Å². The number of anilines is 1. The van der Waals surface area contributed by atoms with E-state index in [0.29, 0.717) is 29.2 Å². The first-order valence-electron chi connectivity index (χ1n) is 17.3. The summed E-state index contributed by atoms with van der Waals surface area (Å²) in [5.41, 5.74) is 7.90. The van der Waals surface area contributed by atoms with Gasteiger partial charge in [0.15, 0.2) is 0 Å². The fourth-order valence-electron chi connectivity index (χ4n) is 9.67. The highest BCUT2D eigenvalue weighted by Crippen LogP contribution is 2.66. The van der Waals surface area contributed by atoms with Gasteiger partial charge in [-0.05, 0) is 96.5 Å². The number of hydrogen-bond donors (Lipinski definition) is 0. The van der Waals surface area contributed by atoms with E-state index in [0.717, 1.165) is 18.8 Å². The zero-order valence-electron chi connectivity index (χ0n) is 28.1. The van der Waals surface area contributed by atoms with Gasteiger partial charge in [-0.3, -0.25) is 0 Å². The van der Waals surface area contributed by atoms with Crippen molar-refractivity contribution < 1.29 is 9.47 Å². The maximum atomic E-state index is 6.06. The lowest BCUT2D eigenvalue weighted by Crippen LogP contribution is -2.43. The lowest BCUT2D eigenvalue weighted by molar-refractivity contribution is -0.00471. The highest BCUT2D eigenvalue weighted by molar-refractivity contribution is 6.98. The van der Waals surface area contributed by atoms with Crippen LogP contribution in [0, 0.1) is 23.7 Å². The predicted octanol–water partition coefficient (Wildman–Crippen LogP) is 10.2. The molecule has 0 spiro atoms. The van der Waals surface area contributed by atoms with Crippen molar-refractivity contribution in [1.82, 2.24) is 0 Å². The maximum Gasteiger partial charge on any atom is 0.119 e. The third kappa shape index (κ3) is 5.22. The molecular weight excluding hydrogens is 567 g/mol. The number of hydrogen-bond acceptors (Lipinski definition) is 3. The molecule has 1 saturated carbocycles. The molecule has 0 aromatic heterocycles. The second-order valence-electron chi connectivity index (χ2n) is 15.2.